The fraction of sp³-hybridized carbons (Fsp3) is 0.471. The van der Waals surface area contributed by atoms with Gasteiger partial charge >= 0.3 is 0 Å². The van der Waals surface area contributed by atoms with Gasteiger partial charge in [0, 0.05) is 24.0 Å². The number of anilines is 2. The fourth-order valence-electron chi connectivity index (χ4n) is 3.05. The van der Waals surface area contributed by atoms with Gasteiger partial charge in [-0.3, -0.25) is 4.72 Å². The van der Waals surface area contributed by atoms with E-state index in [1.165, 1.54) is 0 Å². The third-order valence-corrected chi connectivity index (χ3v) is 5.92. The van der Waals surface area contributed by atoms with E-state index in [9.17, 15) is 8.42 Å². The molecule has 2 unspecified atom stereocenters. The van der Waals surface area contributed by atoms with Gasteiger partial charge in [0.15, 0.2) is 10.7 Å². The highest BCUT2D eigenvalue weighted by Gasteiger charge is 2.25. The van der Waals surface area contributed by atoms with Crippen molar-refractivity contribution in [1.29, 1.82) is 0 Å². The first-order valence-corrected chi connectivity index (χ1v) is 9.70. The van der Waals surface area contributed by atoms with Crippen LogP contribution in [-0.4, -0.2) is 38.9 Å². The van der Waals surface area contributed by atoms with Crippen LogP contribution in [0.15, 0.2) is 33.7 Å². The van der Waals surface area contributed by atoms with Crippen LogP contribution in [0, 0.1) is 13.8 Å². The number of rotatable bonds is 4. The number of hydrogen-bond donors (Lipinski definition) is 1. The third-order valence-electron chi connectivity index (χ3n) is 4.30. The minimum Gasteiger partial charge on any atom is -0.375 e. The molecule has 2 heterocycles. The number of ether oxygens (including phenoxy) is 1. The van der Waals surface area contributed by atoms with Crippen LogP contribution in [0.1, 0.15) is 25.3 Å². The van der Waals surface area contributed by atoms with E-state index in [2.05, 4.69) is 21.7 Å². The second-order valence-corrected chi connectivity index (χ2v) is 8.07. The number of aryl methyl sites for hydroxylation is 2. The summed E-state index contributed by atoms with van der Waals surface area (Å²) in [4.78, 5) is 2.35. The molecule has 25 heavy (non-hydrogen) atoms. The van der Waals surface area contributed by atoms with Crippen molar-refractivity contribution in [3.63, 3.8) is 0 Å². The number of benzene rings is 1. The van der Waals surface area contributed by atoms with Gasteiger partial charge < -0.3 is 14.2 Å². The van der Waals surface area contributed by atoms with Crippen LogP contribution in [0.3, 0.4) is 0 Å². The quantitative estimate of drug-likeness (QED) is 0.897. The molecule has 8 heteroatoms. The van der Waals surface area contributed by atoms with Crippen LogP contribution in [-0.2, 0) is 14.8 Å². The van der Waals surface area contributed by atoms with Crippen LogP contribution in [0.2, 0.25) is 0 Å². The van der Waals surface area contributed by atoms with E-state index in [-0.39, 0.29) is 22.8 Å². The molecule has 1 aromatic carbocycles. The van der Waals surface area contributed by atoms with Crippen molar-refractivity contribution in [2.45, 2.75) is 44.7 Å². The number of nitrogens with zero attached hydrogens (tertiary/aromatic N) is 2. The highest BCUT2D eigenvalue weighted by atomic mass is 32.2. The second-order valence-electron chi connectivity index (χ2n) is 6.45. The summed E-state index contributed by atoms with van der Waals surface area (Å²) in [5, 5.41) is 3.70. The molecule has 3 rings (SSSR count). The van der Waals surface area contributed by atoms with Gasteiger partial charge in [-0.25, -0.2) is 8.42 Å². The fourth-order valence-corrected chi connectivity index (χ4v) is 4.44. The number of nitrogens with one attached hydrogen (secondary N) is 1. The normalized spacial score (nSPS) is 21.4. The SMILES string of the molecule is Cc1noc(C)c1S(=O)(=O)Nc1ccc(N2CC(C)OCC2C)cc1. The molecule has 136 valence electrons. The highest BCUT2D eigenvalue weighted by molar-refractivity contribution is 7.92. The minimum absolute atomic E-state index is 0.0900. The standard InChI is InChI=1S/C17H23N3O4S/c1-11-10-23-12(2)9-20(11)16-7-5-15(6-8-16)19-25(21,22)17-13(3)18-24-14(17)4/h5-8,11-12,19H,9-10H2,1-4H3. The van der Waals surface area contributed by atoms with Gasteiger partial charge in [0.05, 0.1) is 12.7 Å². The third kappa shape index (κ3) is 3.64. The Kier molecular flexibility index (Phi) is 4.75. The van der Waals surface area contributed by atoms with E-state index in [1.807, 2.05) is 19.1 Å². The maximum Gasteiger partial charge on any atom is 0.267 e. The maximum absolute atomic E-state index is 12.5. The Labute approximate surface area is 148 Å². The zero-order valence-corrected chi connectivity index (χ0v) is 15.6. The molecule has 1 aromatic heterocycles. The van der Waals surface area contributed by atoms with Gasteiger partial charge in [0.25, 0.3) is 10.0 Å². The molecule has 7 nitrogen and oxygen atoms in total. The Morgan fingerprint density at radius 2 is 1.88 bits per heavy atom. The van der Waals surface area contributed by atoms with Gasteiger partial charge in [-0.1, -0.05) is 5.16 Å². The molecule has 0 spiro atoms. The number of hydrogen-bond acceptors (Lipinski definition) is 6. The lowest BCUT2D eigenvalue weighted by Crippen LogP contribution is -2.47. The Balaban J connectivity index is 1.79. The Bertz CT molecular complexity index is 826. The van der Waals surface area contributed by atoms with Crippen LogP contribution in [0.25, 0.3) is 0 Å². The monoisotopic (exact) mass is 365 g/mol. The molecular weight excluding hydrogens is 342 g/mol. The smallest absolute Gasteiger partial charge is 0.267 e. The first-order chi connectivity index (χ1) is 11.8. The van der Waals surface area contributed by atoms with Gasteiger partial charge in [-0.05, 0) is 52.0 Å². The average molecular weight is 365 g/mol. The molecule has 1 aliphatic rings. The summed E-state index contributed by atoms with van der Waals surface area (Å²) in [7, 11) is -3.73. The summed E-state index contributed by atoms with van der Waals surface area (Å²) in [6.45, 7) is 8.84. The number of aromatic nitrogens is 1. The molecule has 0 saturated carbocycles. The maximum atomic E-state index is 12.5. The van der Waals surface area contributed by atoms with Crippen molar-refractivity contribution < 1.29 is 17.7 Å². The van der Waals surface area contributed by atoms with Gasteiger partial charge in [-0.15, -0.1) is 0 Å². The van der Waals surface area contributed by atoms with E-state index in [4.69, 9.17) is 9.26 Å². The summed E-state index contributed by atoms with van der Waals surface area (Å²) in [6.07, 6.45) is 0.175. The molecule has 1 N–H and O–H groups in total. The molecular formula is C17H23N3O4S. The predicted molar refractivity (Wildman–Crippen MR) is 95.4 cm³/mol. The second kappa shape index (κ2) is 6.68. The van der Waals surface area contributed by atoms with Crippen LogP contribution < -0.4 is 9.62 Å². The summed E-state index contributed by atoms with van der Waals surface area (Å²) in [5.41, 5.74) is 1.89. The van der Waals surface area contributed by atoms with Gasteiger partial charge in [0.1, 0.15) is 5.69 Å². The van der Waals surface area contributed by atoms with Crippen LogP contribution in [0.4, 0.5) is 11.4 Å². The zero-order chi connectivity index (χ0) is 18.2. The molecule has 1 saturated heterocycles. The average Bonchev–Trinajstić information content (AvgIpc) is 2.90. The topological polar surface area (TPSA) is 84.7 Å². The molecule has 1 fully saturated rings. The summed E-state index contributed by atoms with van der Waals surface area (Å²) >= 11 is 0. The van der Waals surface area contributed by atoms with Crippen LogP contribution >= 0.6 is 0 Å². The van der Waals surface area contributed by atoms with E-state index >= 15 is 0 Å². The van der Waals surface area contributed by atoms with E-state index in [0.29, 0.717) is 18.0 Å². The summed E-state index contributed by atoms with van der Waals surface area (Å²) in [5.74, 6) is 0.276. The summed E-state index contributed by atoms with van der Waals surface area (Å²) in [6, 6.07) is 7.64. The molecule has 2 aromatic rings. The lowest BCUT2D eigenvalue weighted by Gasteiger charge is -2.38. The largest absolute Gasteiger partial charge is 0.375 e. The van der Waals surface area contributed by atoms with Crippen molar-refractivity contribution in [2.24, 2.45) is 0 Å². The number of sulfonamides is 1. The molecule has 0 aliphatic carbocycles. The van der Waals surface area contributed by atoms with Crippen molar-refractivity contribution in [3.05, 3.63) is 35.7 Å². The first kappa shape index (κ1) is 17.8. The molecule has 0 bridgehead atoms. The highest BCUT2D eigenvalue weighted by Crippen LogP contribution is 2.26. The van der Waals surface area contributed by atoms with Crippen molar-refractivity contribution >= 4 is 21.4 Å². The van der Waals surface area contributed by atoms with E-state index in [0.717, 1.165) is 12.2 Å². The molecule has 0 amide bonds. The van der Waals surface area contributed by atoms with Gasteiger partial charge in [0.2, 0.25) is 0 Å². The summed E-state index contributed by atoms with van der Waals surface area (Å²) < 4.78 is 38.3. The van der Waals surface area contributed by atoms with Crippen LogP contribution in [0.5, 0.6) is 0 Å². The minimum atomic E-state index is -3.73. The van der Waals surface area contributed by atoms with E-state index in [1.54, 1.807) is 26.0 Å². The molecule has 2 atom stereocenters. The number of morpholine rings is 1. The molecule has 0 radical (unpaired) electrons. The van der Waals surface area contributed by atoms with E-state index < -0.39 is 10.0 Å². The van der Waals surface area contributed by atoms with Crippen molar-refractivity contribution in [1.82, 2.24) is 5.16 Å². The van der Waals surface area contributed by atoms with Crippen molar-refractivity contribution in [2.75, 3.05) is 22.8 Å². The Morgan fingerprint density at radius 1 is 1.20 bits per heavy atom. The predicted octanol–water partition coefficient (Wildman–Crippen LogP) is 2.71. The Morgan fingerprint density at radius 3 is 2.48 bits per heavy atom. The zero-order valence-electron chi connectivity index (χ0n) is 14.8. The van der Waals surface area contributed by atoms with Crippen molar-refractivity contribution in [3.8, 4) is 0 Å². The lowest BCUT2D eigenvalue weighted by molar-refractivity contribution is 0.0344. The Hall–Kier alpha value is -2.06. The lowest BCUT2D eigenvalue weighted by atomic mass is 10.1. The first-order valence-electron chi connectivity index (χ1n) is 8.22. The molecule has 1 aliphatic heterocycles. The van der Waals surface area contributed by atoms with Gasteiger partial charge in [-0.2, -0.15) is 0 Å².